The molecule has 0 fully saturated rings. The third-order valence-corrected chi connectivity index (χ3v) is 5.81. The van der Waals surface area contributed by atoms with Crippen LogP contribution in [0.1, 0.15) is 37.5 Å². The Morgan fingerprint density at radius 3 is 2.56 bits per heavy atom. The quantitative estimate of drug-likeness (QED) is 0.440. The Balaban J connectivity index is 1.39. The van der Waals surface area contributed by atoms with Crippen molar-refractivity contribution in [3.8, 4) is 10.6 Å². The van der Waals surface area contributed by atoms with Gasteiger partial charge in [-0.1, -0.05) is 35.9 Å². The van der Waals surface area contributed by atoms with Crippen LogP contribution in [-0.4, -0.2) is 21.8 Å². The van der Waals surface area contributed by atoms with Gasteiger partial charge in [0, 0.05) is 41.1 Å². The standard InChI is InChI=1S/C25H22N4O2S/c1-16-6-7-21(17(2)12-16)25-29-22(15-32-25)24(31)27-14-18-4-3-5-20(13-18)28-23(30)19-8-10-26-11-9-19/h3-13,15H,14H2,1-2H3,(H,27,31)(H,28,30). The number of nitrogens with one attached hydrogen (secondary N) is 2. The van der Waals surface area contributed by atoms with Crippen LogP contribution in [-0.2, 0) is 6.54 Å². The summed E-state index contributed by atoms with van der Waals surface area (Å²) in [6.45, 7) is 4.43. The minimum atomic E-state index is -0.233. The van der Waals surface area contributed by atoms with Gasteiger partial charge in [-0.05, 0) is 49.2 Å². The number of anilines is 1. The molecule has 0 aliphatic heterocycles. The van der Waals surface area contributed by atoms with E-state index in [4.69, 9.17) is 0 Å². The molecule has 6 nitrogen and oxygen atoms in total. The lowest BCUT2D eigenvalue weighted by Crippen LogP contribution is -2.23. The largest absolute Gasteiger partial charge is 0.347 e. The third kappa shape index (κ3) is 5.07. The van der Waals surface area contributed by atoms with Gasteiger partial charge in [0.2, 0.25) is 0 Å². The minimum absolute atomic E-state index is 0.213. The maximum Gasteiger partial charge on any atom is 0.271 e. The van der Waals surface area contributed by atoms with Gasteiger partial charge in [0.05, 0.1) is 0 Å². The third-order valence-electron chi connectivity index (χ3n) is 4.93. The zero-order valence-corrected chi connectivity index (χ0v) is 18.6. The van der Waals surface area contributed by atoms with Crippen molar-refractivity contribution >= 4 is 28.8 Å². The Labute approximate surface area is 190 Å². The van der Waals surface area contributed by atoms with Gasteiger partial charge in [0.25, 0.3) is 11.8 Å². The van der Waals surface area contributed by atoms with Crippen molar-refractivity contribution in [2.24, 2.45) is 0 Å². The highest BCUT2D eigenvalue weighted by Gasteiger charge is 2.13. The molecule has 0 unspecified atom stereocenters. The van der Waals surface area contributed by atoms with E-state index in [0.29, 0.717) is 23.5 Å². The number of aryl methyl sites for hydroxylation is 2. The number of nitrogens with zero attached hydrogens (tertiary/aromatic N) is 2. The maximum atomic E-state index is 12.6. The molecule has 0 saturated heterocycles. The topological polar surface area (TPSA) is 84.0 Å². The van der Waals surface area contributed by atoms with Crippen molar-refractivity contribution in [2.75, 3.05) is 5.32 Å². The molecule has 2 aromatic carbocycles. The first-order valence-electron chi connectivity index (χ1n) is 10.1. The minimum Gasteiger partial charge on any atom is -0.347 e. The fraction of sp³-hybridized carbons (Fsp3) is 0.120. The summed E-state index contributed by atoms with van der Waals surface area (Å²) >= 11 is 1.46. The molecule has 160 valence electrons. The molecule has 2 aromatic heterocycles. The summed E-state index contributed by atoms with van der Waals surface area (Å²) in [6.07, 6.45) is 3.15. The number of aromatic nitrogens is 2. The highest BCUT2D eigenvalue weighted by atomic mass is 32.1. The van der Waals surface area contributed by atoms with Crippen molar-refractivity contribution in [3.63, 3.8) is 0 Å². The van der Waals surface area contributed by atoms with Gasteiger partial charge in [0.1, 0.15) is 10.7 Å². The fourth-order valence-corrected chi connectivity index (χ4v) is 4.18. The molecular weight excluding hydrogens is 420 g/mol. The first kappa shape index (κ1) is 21.4. The summed E-state index contributed by atoms with van der Waals surface area (Å²) in [5, 5.41) is 8.36. The van der Waals surface area contributed by atoms with Crippen LogP contribution in [0.25, 0.3) is 10.6 Å². The van der Waals surface area contributed by atoms with E-state index in [-0.39, 0.29) is 11.8 Å². The van der Waals surface area contributed by atoms with Crippen molar-refractivity contribution in [3.05, 3.63) is 100 Å². The SMILES string of the molecule is Cc1ccc(-c2nc(C(=O)NCc3cccc(NC(=O)c4ccncc4)c3)cs2)c(C)c1. The van der Waals surface area contributed by atoms with Gasteiger partial charge in [-0.3, -0.25) is 14.6 Å². The van der Waals surface area contributed by atoms with Crippen molar-refractivity contribution in [1.82, 2.24) is 15.3 Å². The molecule has 4 aromatic rings. The van der Waals surface area contributed by atoms with Crippen LogP contribution >= 0.6 is 11.3 Å². The van der Waals surface area contributed by atoms with E-state index in [1.165, 1.54) is 16.9 Å². The second-order valence-corrected chi connectivity index (χ2v) is 8.29. The monoisotopic (exact) mass is 442 g/mol. The second-order valence-electron chi connectivity index (χ2n) is 7.43. The van der Waals surface area contributed by atoms with Crippen LogP contribution in [0.3, 0.4) is 0 Å². The number of hydrogen-bond acceptors (Lipinski definition) is 5. The first-order valence-corrected chi connectivity index (χ1v) is 11.0. The highest BCUT2D eigenvalue weighted by Crippen LogP contribution is 2.27. The number of amides is 2. The predicted molar refractivity (Wildman–Crippen MR) is 127 cm³/mol. The molecule has 4 rings (SSSR count). The Morgan fingerprint density at radius 2 is 1.78 bits per heavy atom. The Morgan fingerprint density at radius 1 is 0.969 bits per heavy atom. The van der Waals surface area contributed by atoms with Crippen LogP contribution in [0.5, 0.6) is 0 Å². The second kappa shape index (κ2) is 9.53. The number of benzene rings is 2. The number of hydrogen-bond donors (Lipinski definition) is 2. The lowest BCUT2D eigenvalue weighted by molar-refractivity contribution is 0.0945. The van der Waals surface area contributed by atoms with Crippen molar-refractivity contribution < 1.29 is 9.59 Å². The molecule has 0 atom stereocenters. The number of carbonyl (C=O) groups is 2. The Hall–Kier alpha value is -3.84. The average Bonchev–Trinajstić information content (AvgIpc) is 3.28. The van der Waals surface area contributed by atoms with E-state index in [0.717, 1.165) is 21.7 Å². The van der Waals surface area contributed by atoms with Gasteiger partial charge in [-0.2, -0.15) is 0 Å². The van der Waals surface area contributed by atoms with E-state index < -0.39 is 0 Å². The first-order chi connectivity index (χ1) is 15.5. The molecule has 0 bridgehead atoms. The zero-order chi connectivity index (χ0) is 22.5. The summed E-state index contributed by atoms with van der Waals surface area (Å²) < 4.78 is 0. The normalized spacial score (nSPS) is 10.6. The summed E-state index contributed by atoms with van der Waals surface area (Å²) in [6, 6.07) is 16.9. The van der Waals surface area contributed by atoms with E-state index in [2.05, 4.69) is 33.6 Å². The summed E-state index contributed by atoms with van der Waals surface area (Å²) in [4.78, 5) is 33.4. The summed E-state index contributed by atoms with van der Waals surface area (Å²) in [7, 11) is 0. The molecule has 0 radical (unpaired) electrons. The average molecular weight is 443 g/mol. The van der Waals surface area contributed by atoms with Gasteiger partial charge < -0.3 is 10.6 Å². The number of rotatable bonds is 6. The van der Waals surface area contributed by atoms with Crippen LogP contribution in [0.4, 0.5) is 5.69 Å². The molecule has 32 heavy (non-hydrogen) atoms. The van der Waals surface area contributed by atoms with Crippen LogP contribution in [0.2, 0.25) is 0 Å². The van der Waals surface area contributed by atoms with Crippen LogP contribution in [0.15, 0.2) is 72.4 Å². The molecular formula is C25H22N4O2S. The van der Waals surface area contributed by atoms with E-state index in [1.54, 1.807) is 36.0 Å². The molecule has 2 amide bonds. The highest BCUT2D eigenvalue weighted by molar-refractivity contribution is 7.13. The fourth-order valence-electron chi connectivity index (χ4n) is 3.29. The lowest BCUT2D eigenvalue weighted by Gasteiger charge is -2.08. The Bertz CT molecular complexity index is 1270. The number of carbonyl (C=O) groups excluding carboxylic acids is 2. The van der Waals surface area contributed by atoms with E-state index in [9.17, 15) is 9.59 Å². The molecule has 0 saturated carbocycles. The molecule has 2 heterocycles. The van der Waals surface area contributed by atoms with E-state index >= 15 is 0 Å². The van der Waals surface area contributed by atoms with Crippen molar-refractivity contribution in [1.29, 1.82) is 0 Å². The Kier molecular flexibility index (Phi) is 6.37. The van der Waals surface area contributed by atoms with Crippen LogP contribution < -0.4 is 10.6 Å². The smallest absolute Gasteiger partial charge is 0.271 e. The molecule has 0 spiro atoms. The van der Waals surface area contributed by atoms with E-state index in [1.807, 2.05) is 37.3 Å². The summed E-state index contributed by atoms with van der Waals surface area (Å²) in [5.74, 6) is -0.446. The zero-order valence-electron chi connectivity index (χ0n) is 17.8. The van der Waals surface area contributed by atoms with Crippen LogP contribution in [0, 0.1) is 13.8 Å². The lowest BCUT2D eigenvalue weighted by atomic mass is 10.1. The number of pyridine rings is 1. The van der Waals surface area contributed by atoms with Crippen molar-refractivity contribution in [2.45, 2.75) is 20.4 Å². The molecule has 0 aliphatic rings. The maximum absolute atomic E-state index is 12.6. The summed E-state index contributed by atoms with van der Waals surface area (Å²) in [5.41, 5.74) is 5.82. The number of thiazole rings is 1. The van der Waals surface area contributed by atoms with Gasteiger partial charge in [-0.25, -0.2) is 4.98 Å². The molecule has 2 N–H and O–H groups in total. The van der Waals surface area contributed by atoms with Gasteiger partial charge in [-0.15, -0.1) is 11.3 Å². The molecule has 7 heteroatoms. The molecule has 0 aliphatic carbocycles. The predicted octanol–water partition coefficient (Wildman–Crippen LogP) is 5.00. The van der Waals surface area contributed by atoms with Gasteiger partial charge in [0.15, 0.2) is 0 Å². The van der Waals surface area contributed by atoms with Gasteiger partial charge >= 0.3 is 0 Å².